The summed E-state index contributed by atoms with van der Waals surface area (Å²) in [4.78, 5) is 21.5. The van der Waals surface area contributed by atoms with Gasteiger partial charge in [0, 0.05) is 24.0 Å². The third kappa shape index (κ3) is 4.07. The lowest BCUT2D eigenvalue weighted by Gasteiger charge is -2.38. The molecule has 2 N–H and O–H groups in total. The maximum Gasteiger partial charge on any atom is 0.251 e. The summed E-state index contributed by atoms with van der Waals surface area (Å²) in [6, 6.07) is 8.32. The highest BCUT2D eigenvalue weighted by molar-refractivity contribution is 6.30. The van der Waals surface area contributed by atoms with E-state index in [1.54, 1.807) is 30.6 Å². The molecule has 4 rings (SSSR count). The second-order valence-electron chi connectivity index (χ2n) is 7.48. The van der Waals surface area contributed by atoms with E-state index in [2.05, 4.69) is 15.3 Å². The van der Waals surface area contributed by atoms with Gasteiger partial charge in [0.15, 0.2) is 0 Å². The SMILES string of the molecule is CC1(Nc2nccc(-c3ccn([C@H](CO)c4ccc(Cl)c(F)c4)c(=O)c3)n2)COC1. The number of pyridine rings is 1. The van der Waals surface area contributed by atoms with E-state index in [1.807, 2.05) is 6.92 Å². The molecule has 0 unspecified atom stereocenters. The molecule has 0 aliphatic carbocycles. The number of aromatic nitrogens is 3. The highest BCUT2D eigenvalue weighted by atomic mass is 35.5. The number of aliphatic hydroxyl groups is 1. The van der Waals surface area contributed by atoms with Crippen molar-refractivity contribution in [2.75, 3.05) is 25.1 Å². The van der Waals surface area contributed by atoms with Crippen molar-refractivity contribution in [1.82, 2.24) is 14.5 Å². The van der Waals surface area contributed by atoms with E-state index in [0.29, 0.717) is 36.0 Å². The standard InChI is InChI=1S/C21H20ClFN4O3/c1-21(11-30-12-21)26-20-24-6-4-17(25-20)13-5-7-27(19(29)9-13)18(10-28)14-2-3-15(22)16(23)8-14/h2-9,18,28H,10-12H2,1H3,(H,24,25,26)/t18-/m1/s1. The van der Waals surface area contributed by atoms with Crippen LogP contribution in [-0.4, -0.2) is 45.0 Å². The summed E-state index contributed by atoms with van der Waals surface area (Å²) in [5, 5.41) is 13.0. The molecule has 0 spiro atoms. The van der Waals surface area contributed by atoms with Crippen molar-refractivity contribution in [2.45, 2.75) is 18.5 Å². The number of anilines is 1. The van der Waals surface area contributed by atoms with Crippen LogP contribution in [0.1, 0.15) is 18.5 Å². The maximum absolute atomic E-state index is 13.8. The average Bonchev–Trinajstić information content (AvgIpc) is 2.71. The summed E-state index contributed by atoms with van der Waals surface area (Å²) >= 11 is 5.73. The van der Waals surface area contributed by atoms with Gasteiger partial charge in [-0.3, -0.25) is 4.79 Å². The van der Waals surface area contributed by atoms with Crippen LogP contribution < -0.4 is 10.9 Å². The minimum Gasteiger partial charge on any atom is -0.394 e. The molecule has 0 saturated carbocycles. The molecule has 1 aromatic carbocycles. The van der Waals surface area contributed by atoms with Gasteiger partial charge in [-0.05, 0) is 36.8 Å². The van der Waals surface area contributed by atoms with Gasteiger partial charge in [-0.1, -0.05) is 17.7 Å². The Balaban J connectivity index is 1.63. The molecule has 0 radical (unpaired) electrons. The Morgan fingerprint density at radius 2 is 2.13 bits per heavy atom. The number of nitrogens with zero attached hydrogens (tertiary/aromatic N) is 3. The van der Waals surface area contributed by atoms with Gasteiger partial charge in [0.2, 0.25) is 5.95 Å². The van der Waals surface area contributed by atoms with Crippen molar-refractivity contribution in [3.8, 4) is 11.3 Å². The van der Waals surface area contributed by atoms with Crippen molar-refractivity contribution < 1.29 is 14.2 Å². The molecule has 1 aliphatic heterocycles. The van der Waals surface area contributed by atoms with Crippen LogP contribution >= 0.6 is 11.6 Å². The van der Waals surface area contributed by atoms with E-state index in [0.717, 1.165) is 0 Å². The second kappa shape index (κ2) is 8.14. The predicted molar refractivity (Wildman–Crippen MR) is 111 cm³/mol. The predicted octanol–water partition coefficient (Wildman–Crippen LogP) is 2.88. The van der Waals surface area contributed by atoms with Crippen molar-refractivity contribution in [2.24, 2.45) is 0 Å². The molecule has 1 aliphatic rings. The molecule has 1 atom stereocenters. The molecule has 3 aromatic rings. The van der Waals surface area contributed by atoms with Crippen LogP contribution in [0.3, 0.4) is 0 Å². The number of halogens is 2. The Labute approximate surface area is 177 Å². The monoisotopic (exact) mass is 430 g/mol. The minimum atomic E-state index is -0.737. The van der Waals surface area contributed by atoms with E-state index < -0.39 is 11.9 Å². The fraction of sp³-hybridized carbons (Fsp3) is 0.286. The van der Waals surface area contributed by atoms with Crippen LogP contribution in [0, 0.1) is 5.82 Å². The van der Waals surface area contributed by atoms with Crippen LogP contribution in [-0.2, 0) is 4.74 Å². The molecule has 7 nitrogen and oxygen atoms in total. The Morgan fingerprint density at radius 3 is 2.77 bits per heavy atom. The fourth-order valence-corrected chi connectivity index (χ4v) is 3.43. The number of benzene rings is 1. The summed E-state index contributed by atoms with van der Waals surface area (Å²) in [5.74, 6) is -0.156. The van der Waals surface area contributed by atoms with Gasteiger partial charge in [-0.25, -0.2) is 14.4 Å². The van der Waals surface area contributed by atoms with Gasteiger partial charge < -0.3 is 19.7 Å². The van der Waals surface area contributed by atoms with Crippen LogP contribution in [0.15, 0.2) is 53.6 Å². The molecular formula is C21H20ClFN4O3. The number of rotatable bonds is 6. The molecule has 0 bridgehead atoms. The van der Waals surface area contributed by atoms with E-state index in [9.17, 15) is 14.3 Å². The molecule has 2 aromatic heterocycles. The first kappa shape index (κ1) is 20.5. The van der Waals surface area contributed by atoms with Crippen LogP contribution in [0.4, 0.5) is 10.3 Å². The first-order valence-corrected chi connectivity index (χ1v) is 9.74. The van der Waals surface area contributed by atoms with Gasteiger partial charge >= 0.3 is 0 Å². The van der Waals surface area contributed by atoms with E-state index in [1.165, 1.54) is 22.8 Å². The highest BCUT2D eigenvalue weighted by Crippen LogP contribution is 2.24. The largest absolute Gasteiger partial charge is 0.394 e. The smallest absolute Gasteiger partial charge is 0.251 e. The summed E-state index contributed by atoms with van der Waals surface area (Å²) < 4.78 is 20.4. The maximum atomic E-state index is 13.8. The number of ether oxygens (including phenoxy) is 1. The number of hydrogen-bond acceptors (Lipinski definition) is 6. The lowest BCUT2D eigenvalue weighted by molar-refractivity contribution is -0.0322. The lowest BCUT2D eigenvalue weighted by Crippen LogP contribution is -2.53. The van der Waals surface area contributed by atoms with Crippen LogP contribution in [0.2, 0.25) is 5.02 Å². The number of nitrogens with one attached hydrogen (secondary N) is 1. The van der Waals surface area contributed by atoms with Gasteiger partial charge in [0.05, 0.1) is 42.1 Å². The molecule has 9 heteroatoms. The molecular weight excluding hydrogens is 411 g/mol. The Kier molecular flexibility index (Phi) is 5.55. The molecule has 156 valence electrons. The average molecular weight is 431 g/mol. The highest BCUT2D eigenvalue weighted by Gasteiger charge is 2.33. The lowest BCUT2D eigenvalue weighted by atomic mass is 10.0. The topological polar surface area (TPSA) is 89.3 Å². The molecule has 30 heavy (non-hydrogen) atoms. The quantitative estimate of drug-likeness (QED) is 0.625. The van der Waals surface area contributed by atoms with Crippen molar-refractivity contribution in [3.05, 3.63) is 75.5 Å². The molecule has 3 heterocycles. The van der Waals surface area contributed by atoms with E-state index in [4.69, 9.17) is 16.3 Å². The van der Waals surface area contributed by atoms with Crippen molar-refractivity contribution in [1.29, 1.82) is 0 Å². The van der Waals surface area contributed by atoms with Gasteiger partial charge in [0.25, 0.3) is 5.56 Å². The minimum absolute atomic E-state index is 0.0198. The first-order valence-electron chi connectivity index (χ1n) is 9.36. The number of hydrogen-bond donors (Lipinski definition) is 2. The summed E-state index contributed by atoms with van der Waals surface area (Å²) in [6.07, 6.45) is 3.17. The molecule has 1 saturated heterocycles. The number of aliphatic hydroxyl groups excluding tert-OH is 1. The third-order valence-electron chi connectivity index (χ3n) is 4.99. The second-order valence-corrected chi connectivity index (χ2v) is 7.88. The zero-order valence-electron chi connectivity index (χ0n) is 16.2. The van der Waals surface area contributed by atoms with Crippen molar-refractivity contribution >= 4 is 17.5 Å². The Morgan fingerprint density at radius 1 is 1.33 bits per heavy atom. The van der Waals surface area contributed by atoms with Gasteiger partial charge in [-0.2, -0.15) is 0 Å². The molecule has 0 amide bonds. The van der Waals surface area contributed by atoms with Gasteiger partial charge in [0.1, 0.15) is 5.82 Å². The van der Waals surface area contributed by atoms with E-state index in [-0.39, 0.29) is 22.7 Å². The van der Waals surface area contributed by atoms with E-state index >= 15 is 0 Å². The first-order chi connectivity index (χ1) is 14.4. The van der Waals surface area contributed by atoms with Crippen LogP contribution in [0.5, 0.6) is 0 Å². The Bertz CT molecular complexity index is 1130. The zero-order chi connectivity index (χ0) is 21.3. The molecule has 1 fully saturated rings. The summed E-state index contributed by atoms with van der Waals surface area (Å²) in [7, 11) is 0. The summed E-state index contributed by atoms with van der Waals surface area (Å²) in [6.45, 7) is 2.79. The Hall–Kier alpha value is -2.81. The fourth-order valence-electron chi connectivity index (χ4n) is 3.31. The third-order valence-corrected chi connectivity index (χ3v) is 5.30. The normalized spacial score (nSPS) is 16.0. The van der Waals surface area contributed by atoms with Crippen molar-refractivity contribution in [3.63, 3.8) is 0 Å². The zero-order valence-corrected chi connectivity index (χ0v) is 16.9. The summed E-state index contributed by atoms with van der Waals surface area (Å²) in [5.41, 5.74) is 1.08. The van der Waals surface area contributed by atoms with Gasteiger partial charge in [-0.15, -0.1) is 0 Å². The van der Waals surface area contributed by atoms with Crippen LogP contribution in [0.25, 0.3) is 11.3 Å².